The highest BCUT2D eigenvalue weighted by molar-refractivity contribution is 6.00. The van der Waals surface area contributed by atoms with Gasteiger partial charge >= 0.3 is 11.9 Å². The minimum Gasteiger partial charge on any atom is -0.493 e. The number of rotatable bonds is 12. The quantitative estimate of drug-likeness (QED) is 0.186. The second-order valence-corrected chi connectivity index (χ2v) is 8.18. The Morgan fingerprint density at radius 3 is 2.06 bits per heavy atom. The topological polar surface area (TPSA) is 120 Å². The number of benzene rings is 1. The molecule has 0 saturated heterocycles. The van der Waals surface area contributed by atoms with E-state index in [4.69, 9.17) is 14.2 Å². The zero-order valence-corrected chi connectivity index (χ0v) is 22.5. The van der Waals surface area contributed by atoms with Gasteiger partial charge in [-0.2, -0.15) is 0 Å². The number of unbranched alkanes of at least 4 members (excludes halogenated alkanes) is 1. The van der Waals surface area contributed by atoms with E-state index in [0.29, 0.717) is 29.3 Å². The lowest BCUT2D eigenvalue weighted by atomic mass is 9.80. The number of dihydropyridines is 1. The molecule has 36 heavy (non-hydrogen) atoms. The summed E-state index contributed by atoms with van der Waals surface area (Å²) < 4.78 is 16.0. The molecule has 1 N–H and O–H groups in total. The maximum atomic E-state index is 12.8. The first kappa shape index (κ1) is 30.9. The van der Waals surface area contributed by atoms with E-state index >= 15 is 0 Å². The first-order chi connectivity index (χ1) is 16.7. The Balaban J connectivity index is 0.00000648. The number of nitro benzene ring substituents is 1. The molecule has 2 rings (SSSR count). The third kappa shape index (κ3) is 7.20. The highest BCUT2D eigenvalue weighted by Crippen LogP contribution is 2.44. The van der Waals surface area contributed by atoms with Gasteiger partial charge in [0, 0.05) is 29.1 Å². The number of hydrogen-bond donors (Lipinski definition) is 1. The summed E-state index contributed by atoms with van der Waals surface area (Å²) >= 11 is 0. The van der Waals surface area contributed by atoms with Gasteiger partial charge in [0.05, 0.1) is 42.8 Å². The Morgan fingerprint density at radius 1 is 1.03 bits per heavy atom. The number of carbonyl (C=O) groups excluding carboxylic acids is 2. The van der Waals surface area contributed by atoms with Crippen molar-refractivity contribution < 1.29 is 28.7 Å². The molecule has 0 bridgehead atoms. The standard InChI is InChI=1S/C25H35N3O7.ClH/c1-7-27(8-2)13-9-10-14-35-20-12-11-18(28(31)32)15-19(20)23-21(24(29)33-5)16(3)26-17(4)22(23)25(30)34-6;/h11-12,15,23,26H,7-10,13-14H2,1-6H3;1H. The van der Waals surface area contributed by atoms with Crippen molar-refractivity contribution in [3.63, 3.8) is 0 Å². The monoisotopic (exact) mass is 525 g/mol. The molecular weight excluding hydrogens is 490 g/mol. The van der Waals surface area contributed by atoms with Gasteiger partial charge in [0.25, 0.3) is 5.69 Å². The molecule has 0 atom stereocenters. The Labute approximate surface area is 218 Å². The average Bonchev–Trinajstić information content (AvgIpc) is 2.84. The van der Waals surface area contributed by atoms with Gasteiger partial charge in [-0.15, -0.1) is 12.4 Å². The van der Waals surface area contributed by atoms with E-state index in [9.17, 15) is 19.7 Å². The van der Waals surface area contributed by atoms with E-state index in [-0.39, 0.29) is 29.2 Å². The lowest BCUT2D eigenvalue weighted by molar-refractivity contribution is -0.384. The molecular formula is C25H36ClN3O7. The van der Waals surface area contributed by atoms with E-state index in [1.807, 2.05) is 0 Å². The number of nitro groups is 1. The van der Waals surface area contributed by atoms with Crippen LogP contribution in [0.5, 0.6) is 5.75 Å². The molecule has 10 nitrogen and oxygen atoms in total. The van der Waals surface area contributed by atoms with Crippen LogP contribution in [-0.4, -0.2) is 62.2 Å². The number of hydrogen-bond acceptors (Lipinski definition) is 9. The van der Waals surface area contributed by atoms with Gasteiger partial charge in [-0.05, 0) is 52.4 Å². The van der Waals surface area contributed by atoms with Crippen LogP contribution in [0.1, 0.15) is 52.0 Å². The summed E-state index contributed by atoms with van der Waals surface area (Å²) in [5, 5.41) is 14.6. The normalized spacial score (nSPS) is 13.8. The number of allylic oxidation sites excluding steroid dienone is 2. The van der Waals surface area contributed by atoms with Crippen LogP contribution in [0.4, 0.5) is 5.69 Å². The number of non-ortho nitro benzene ring substituents is 1. The fraction of sp³-hybridized carbons (Fsp3) is 0.520. The first-order valence-corrected chi connectivity index (χ1v) is 11.7. The molecule has 1 aromatic carbocycles. The van der Waals surface area contributed by atoms with Gasteiger partial charge in [0.15, 0.2) is 0 Å². The van der Waals surface area contributed by atoms with Crippen molar-refractivity contribution in [2.24, 2.45) is 0 Å². The van der Waals surface area contributed by atoms with Gasteiger partial charge in [-0.1, -0.05) is 13.8 Å². The van der Waals surface area contributed by atoms with Crippen LogP contribution >= 0.6 is 12.4 Å². The lowest BCUT2D eigenvalue weighted by Gasteiger charge is -2.30. The number of nitrogens with one attached hydrogen (secondary N) is 1. The van der Waals surface area contributed by atoms with Crippen molar-refractivity contribution in [2.45, 2.75) is 46.5 Å². The maximum Gasteiger partial charge on any atom is 0.336 e. The predicted octanol–water partition coefficient (Wildman–Crippen LogP) is 4.10. The van der Waals surface area contributed by atoms with Gasteiger partial charge in [0.1, 0.15) is 5.75 Å². The van der Waals surface area contributed by atoms with Crippen molar-refractivity contribution in [2.75, 3.05) is 40.5 Å². The molecule has 0 aromatic heterocycles. The Hall–Kier alpha value is -3.11. The summed E-state index contributed by atoms with van der Waals surface area (Å²) in [6.07, 6.45) is 1.70. The van der Waals surface area contributed by atoms with Crippen LogP contribution < -0.4 is 10.1 Å². The summed E-state index contributed by atoms with van der Waals surface area (Å²) in [5.41, 5.74) is 1.41. The fourth-order valence-corrected chi connectivity index (χ4v) is 4.23. The Morgan fingerprint density at radius 2 is 1.58 bits per heavy atom. The molecule has 0 amide bonds. The molecule has 0 saturated carbocycles. The van der Waals surface area contributed by atoms with Gasteiger partial charge in [-0.3, -0.25) is 10.1 Å². The number of ether oxygens (including phenoxy) is 3. The number of carbonyl (C=O) groups is 2. The zero-order chi connectivity index (χ0) is 26.1. The third-order valence-corrected chi connectivity index (χ3v) is 6.11. The number of nitrogens with zero attached hydrogens (tertiary/aromatic N) is 2. The van der Waals surface area contributed by atoms with Gasteiger partial charge in [-0.25, -0.2) is 9.59 Å². The van der Waals surface area contributed by atoms with Crippen LogP contribution in [0.2, 0.25) is 0 Å². The van der Waals surface area contributed by atoms with E-state index in [1.165, 1.54) is 32.4 Å². The van der Waals surface area contributed by atoms with E-state index < -0.39 is 22.8 Å². The van der Waals surface area contributed by atoms with E-state index in [1.54, 1.807) is 13.8 Å². The molecule has 0 radical (unpaired) electrons. The summed E-state index contributed by atoms with van der Waals surface area (Å²) in [4.78, 5) is 39.0. The summed E-state index contributed by atoms with van der Waals surface area (Å²) in [6, 6.07) is 4.20. The van der Waals surface area contributed by atoms with Gasteiger partial charge in [0.2, 0.25) is 0 Å². The van der Waals surface area contributed by atoms with Crippen molar-refractivity contribution in [3.05, 3.63) is 56.4 Å². The predicted molar refractivity (Wildman–Crippen MR) is 138 cm³/mol. The largest absolute Gasteiger partial charge is 0.493 e. The molecule has 200 valence electrons. The molecule has 0 aliphatic carbocycles. The maximum absolute atomic E-state index is 12.8. The van der Waals surface area contributed by atoms with Gasteiger partial charge < -0.3 is 24.4 Å². The zero-order valence-electron chi connectivity index (χ0n) is 21.7. The molecule has 1 aromatic rings. The van der Waals surface area contributed by atoms with Crippen molar-refractivity contribution in [3.8, 4) is 5.75 Å². The van der Waals surface area contributed by atoms with Crippen LogP contribution in [-0.2, 0) is 19.1 Å². The summed E-state index contributed by atoms with van der Waals surface area (Å²) in [5.74, 6) is -1.94. The summed E-state index contributed by atoms with van der Waals surface area (Å²) in [7, 11) is 2.48. The molecule has 0 fully saturated rings. The number of halogens is 1. The van der Waals surface area contributed by atoms with Crippen molar-refractivity contribution in [1.29, 1.82) is 0 Å². The molecule has 1 aliphatic rings. The lowest BCUT2D eigenvalue weighted by Crippen LogP contribution is -2.32. The average molecular weight is 526 g/mol. The molecule has 1 aliphatic heterocycles. The van der Waals surface area contributed by atoms with Crippen molar-refractivity contribution in [1.82, 2.24) is 10.2 Å². The van der Waals surface area contributed by atoms with E-state index in [2.05, 4.69) is 24.1 Å². The smallest absolute Gasteiger partial charge is 0.336 e. The fourth-order valence-electron chi connectivity index (χ4n) is 4.23. The van der Waals surface area contributed by atoms with Crippen LogP contribution in [0.15, 0.2) is 40.7 Å². The first-order valence-electron chi connectivity index (χ1n) is 11.7. The Kier molecular flexibility index (Phi) is 12.4. The van der Waals surface area contributed by atoms with Crippen LogP contribution in [0.3, 0.4) is 0 Å². The highest BCUT2D eigenvalue weighted by atomic mass is 35.5. The Bertz CT molecular complexity index is 981. The SMILES string of the molecule is CCN(CC)CCCCOc1ccc([N+](=O)[O-])cc1C1C(C(=O)OC)=C(C)NC(C)=C1C(=O)OC.Cl. The third-order valence-electron chi connectivity index (χ3n) is 6.11. The van der Waals surface area contributed by atoms with Crippen LogP contribution in [0.25, 0.3) is 0 Å². The number of methoxy groups -OCH3 is 2. The number of esters is 2. The second kappa shape index (κ2) is 14.4. The summed E-state index contributed by atoms with van der Waals surface area (Å²) in [6.45, 7) is 10.9. The molecule has 0 spiro atoms. The highest BCUT2D eigenvalue weighted by Gasteiger charge is 2.39. The minimum atomic E-state index is -0.971. The minimum absolute atomic E-state index is 0. The van der Waals surface area contributed by atoms with Crippen molar-refractivity contribution >= 4 is 30.0 Å². The molecule has 11 heteroatoms. The molecule has 0 unspecified atom stereocenters. The molecule has 1 heterocycles. The van der Waals surface area contributed by atoms with E-state index in [0.717, 1.165) is 32.5 Å². The second-order valence-electron chi connectivity index (χ2n) is 8.18. The van der Waals surface area contributed by atoms with Crippen LogP contribution in [0, 0.1) is 10.1 Å².